The standard InChI is InChI=1S/C17H16N6O3/c1-11-6-5-9-18-15(11)22-17-14(23(24)25)16(19-10-20-17)21-12-7-3-4-8-13(12)26-2/h3-10H,1-2H3,(H2,18,19,20,21,22). The van der Waals surface area contributed by atoms with Gasteiger partial charge in [0.05, 0.1) is 17.7 Å². The fraction of sp³-hybridized carbons (Fsp3) is 0.118. The van der Waals surface area contributed by atoms with E-state index in [-0.39, 0.29) is 17.3 Å². The summed E-state index contributed by atoms with van der Waals surface area (Å²) in [6.07, 6.45) is 2.84. The predicted octanol–water partition coefficient (Wildman–Crippen LogP) is 3.58. The van der Waals surface area contributed by atoms with E-state index in [9.17, 15) is 10.1 Å². The Morgan fingerprint density at radius 2 is 1.73 bits per heavy atom. The molecular weight excluding hydrogens is 336 g/mol. The second-order valence-electron chi connectivity index (χ2n) is 5.30. The molecule has 2 N–H and O–H groups in total. The quantitative estimate of drug-likeness (QED) is 0.511. The molecule has 0 aliphatic heterocycles. The van der Waals surface area contributed by atoms with Gasteiger partial charge in [-0.1, -0.05) is 18.2 Å². The van der Waals surface area contributed by atoms with E-state index < -0.39 is 4.92 Å². The molecule has 9 heteroatoms. The first kappa shape index (κ1) is 17.1. The molecule has 0 fully saturated rings. The van der Waals surface area contributed by atoms with E-state index in [0.717, 1.165) is 5.56 Å². The second-order valence-corrected chi connectivity index (χ2v) is 5.30. The second kappa shape index (κ2) is 7.43. The predicted molar refractivity (Wildman–Crippen MR) is 97.2 cm³/mol. The van der Waals surface area contributed by atoms with Gasteiger partial charge in [-0.05, 0) is 30.7 Å². The number of nitrogens with zero attached hydrogens (tertiary/aromatic N) is 4. The van der Waals surface area contributed by atoms with Gasteiger partial charge in [-0.25, -0.2) is 15.0 Å². The number of nitro groups is 1. The number of para-hydroxylation sites is 2. The first-order chi connectivity index (χ1) is 12.6. The topological polar surface area (TPSA) is 115 Å². The summed E-state index contributed by atoms with van der Waals surface area (Å²) in [6, 6.07) is 10.7. The lowest BCUT2D eigenvalue weighted by atomic mass is 10.2. The fourth-order valence-corrected chi connectivity index (χ4v) is 2.34. The number of ether oxygens (including phenoxy) is 1. The van der Waals surface area contributed by atoms with Crippen molar-refractivity contribution in [2.75, 3.05) is 17.7 Å². The van der Waals surface area contributed by atoms with Gasteiger partial charge in [-0.15, -0.1) is 0 Å². The number of hydrogen-bond acceptors (Lipinski definition) is 8. The van der Waals surface area contributed by atoms with Crippen molar-refractivity contribution in [2.24, 2.45) is 0 Å². The molecule has 0 unspecified atom stereocenters. The summed E-state index contributed by atoms with van der Waals surface area (Å²) in [5.41, 5.74) is 1.10. The number of methoxy groups -OCH3 is 1. The largest absolute Gasteiger partial charge is 0.495 e. The Balaban J connectivity index is 2.01. The monoisotopic (exact) mass is 352 g/mol. The highest BCUT2D eigenvalue weighted by Gasteiger charge is 2.24. The van der Waals surface area contributed by atoms with Crippen LogP contribution in [0.25, 0.3) is 0 Å². The molecule has 9 nitrogen and oxygen atoms in total. The van der Waals surface area contributed by atoms with Crippen molar-refractivity contribution in [2.45, 2.75) is 6.92 Å². The third-order valence-corrected chi connectivity index (χ3v) is 3.61. The smallest absolute Gasteiger partial charge is 0.353 e. The van der Waals surface area contributed by atoms with E-state index in [1.807, 2.05) is 13.0 Å². The van der Waals surface area contributed by atoms with Gasteiger partial charge in [0.15, 0.2) is 0 Å². The van der Waals surface area contributed by atoms with Crippen molar-refractivity contribution in [1.29, 1.82) is 0 Å². The Hall–Kier alpha value is -3.75. The molecule has 1 aromatic carbocycles. The molecule has 0 atom stereocenters. The Morgan fingerprint density at radius 3 is 2.42 bits per heavy atom. The zero-order valence-corrected chi connectivity index (χ0v) is 14.1. The maximum atomic E-state index is 11.7. The first-order valence-corrected chi connectivity index (χ1v) is 7.68. The van der Waals surface area contributed by atoms with Crippen LogP contribution < -0.4 is 15.4 Å². The lowest BCUT2D eigenvalue weighted by molar-refractivity contribution is -0.383. The Kier molecular flexibility index (Phi) is 4.88. The number of benzene rings is 1. The zero-order valence-electron chi connectivity index (χ0n) is 14.1. The number of anilines is 4. The molecule has 2 heterocycles. The van der Waals surface area contributed by atoms with Crippen LogP contribution in [-0.4, -0.2) is 27.0 Å². The molecule has 0 radical (unpaired) electrons. The molecule has 0 amide bonds. The van der Waals surface area contributed by atoms with Gasteiger partial charge in [0.25, 0.3) is 0 Å². The summed E-state index contributed by atoms with van der Waals surface area (Å²) in [5, 5.41) is 17.5. The van der Waals surface area contributed by atoms with Crippen molar-refractivity contribution >= 4 is 28.8 Å². The van der Waals surface area contributed by atoms with Crippen LogP contribution in [0.5, 0.6) is 5.75 Å². The van der Waals surface area contributed by atoms with E-state index in [4.69, 9.17) is 4.74 Å². The summed E-state index contributed by atoms with van der Waals surface area (Å²) < 4.78 is 5.26. The molecule has 3 aromatic rings. The maximum absolute atomic E-state index is 11.7. The third kappa shape index (κ3) is 3.51. The molecule has 0 bridgehead atoms. The Bertz CT molecular complexity index is 947. The van der Waals surface area contributed by atoms with Crippen molar-refractivity contribution in [3.05, 3.63) is 64.6 Å². The van der Waals surface area contributed by atoms with E-state index >= 15 is 0 Å². The fourth-order valence-electron chi connectivity index (χ4n) is 2.34. The Labute approximate surface area is 149 Å². The van der Waals surface area contributed by atoms with Gasteiger partial charge in [-0.2, -0.15) is 0 Å². The minimum absolute atomic E-state index is 0.0456. The number of aryl methyl sites for hydroxylation is 1. The highest BCUT2D eigenvalue weighted by molar-refractivity contribution is 5.78. The van der Waals surface area contributed by atoms with Crippen LogP contribution in [0.2, 0.25) is 0 Å². The van der Waals surface area contributed by atoms with Crippen molar-refractivity contribution in [3.8, 4) is 5.75 Å². The lowest BCUT2D eigenvalue weighted by Crippen LogP contribution is -2.07. The minimum Gasteiger partial charge on any atom is -0.495 e. The molecular formula is C17H16N6O3. The van der Waals surface area contributed by atoms with Crippen LogP contribution >= 0.6 is 0 Å². The van der Waals surface area contributed by atoms with Crippen molar-refractivity contribution in [1.82, 2.24) is 15.0 Å². The minimum atomic E-state index is -0.543. The molecule has 0 saturated heterocycles. The summed E-state index contributed by atoms with van der Waals surface area (Å²) in [5.74, 6) is 1.11. The molecule has 3 rings (SSSR count). The van der Waals surface area contributed by atoms with Gasteiger partial charge in [0, 0.05) is 6.20 Å². The lowest BCUT2D eigenvalue weighted by Gasteiger charge is -2.12. The van der Waals surface area contributed by atoms with Crippen LogP contribution in [0.1, 0.15) is 5.56 Å². The van der Waals surface area contributed by atoms with Crippen molar-refractivity contribution in [3.63, 3.8) is 0 Å². The third-order valence-electron chi connectivity index (χ3n) is 3.61. The molecule has 2 aromatic heterocycles. The molecule has 0 aliphatic rings. The van der Waals surface area contributed by atoms with E-state index in [1.165, 1.54) is 13.4 Å². The van der Waals surface area contributed by atoms with E-state index in [2.05, 4.69) is 25.6 Å². The Morgan fingerprint density at radius 1 is 1.00 bits per heavy atom. The normalized spacial score (nSPS) is 10.2. The van der Waals surface area contributed by atoms with Gasteiger partial charge < -0.3 is 15.4 Å². The van der Waals surface area contributed by atoms with Crippen LogP contribution in [-0.2, 0) is 0 Å². The number of rotatable bonds is 6. The van der Waals surface area contributed by atoms with Crippen LogP contribution in [0.4, 0.5) is 28.8 Å². The van der Waals surface area contributed by atoms with Crippen LogP contribution in [0, 0.1) is 17.0 Å². The summed E-state index contributed by atoms with van der Waals surface area (Å²) >= 11 is 0. The SMILES string of the molecule is COc1ccccc1Nc1ncnc(Nc2ncccc2C)c1[N+](=O)[O-]. The molecule has 0 spiro atoms. The molecule has 0 saturated carbocycles. The van der Waals surface area contributed by atoms with Gasteiger partial charge in [0.1, 0.15) is 17.9 Å². The van der Waals surface area contributed by atoms with Gasteiger partial charge in [0.2, 0.25) is 11.6 Å². The summed E-state index contributed by atoms with van der Waals surface area (Å²) in [6.45, 7) is 1.84. The van der Waals surface area contributed by atoms with Crippen LogP contribution in [0.15, 0.2) is 48.9 Å². The number of pyridine rings is 1. The van der Waals surface area contributed by atoms with Gasteiger partial charge >= 0.3 is 5.69 Å². The number of aromatic nitrogens is 3. The molecule has 132 valence electrons. The average molecular weight is 352 g/mol. The maximum Gasteiger partial charge on any atom is 0.353 e. The average Bonchev–Trinajstić information content (AvgIpc) is 2.64. The molecule has 26 heavy (non-hydrogen) atoms. The summed E-state index contributed by atoms with van der Waals surface area (Å²) in [4.78, 5) is 23.3. The highest BCUT2D eigenvalue weighted by atomic mass is 16.6. The van der Waals surface area contributed by atoms with Gasteiger partial charge in [-0.3, -0.25) is 10.1 Å². The van der Waals surface area contributed by atoms with E-state index in [0.29, 0.717) is 17.3 Å². The van der Waals surface area contributed by atoms with Crippen molar-refractivity contribution < 1.29 is 9.66 Å². The summed E-state index contributed by atoms with van der Waals surface area (Å²) in [7, 11) is 1.52. The van der Waals surface area contributed by atoms with E-state index in [1.54, 1.807) is 36.5 Å². The number of nitrogens with one attached hydrogen (secondary N) is 2. The highest BCUT2D eigenvalue weighted by Crippen LogP contribution is 2.35. The zero-order chi connectivity index (χ0) is 18.5. The molecule has 0 aliphatic carbocycles. The first-order valence-electron chi connectivity index (χ1n) is 7.68. The van der Waals surface area contributed by atoms with Crippen LogP contribution in [0.3, 0.4) is 0 Å². The number of hydrogen-bond donors (Lipinski definition) is 2.